The molecule has 6 saturated carbocycles. The molecule has 0 unspecified atom stereocenters. The zero-order valence-corrected chi connectivity index (χ0v) is 27.4. The Balaban J connectivity index is -0.000000106. The van der Waals surface area contributed by atoms with Crippen molar-refractivity contribution in [2.75, 3.05) is 0 Å². The minimum absolute atomic E-state index is 0. The van der Waals surface area contributed by atoms with E-state index in [2.05, 4.69) is 13.8 Å². The zero-order chi connectivity index (χ0) is 23.9. The van der Waals surface area contributed by atoms with Gasteiger partial charge in [0.2, 0.25) is 0 Å². The summed E-state index contributed by atoms with van der Waals surface area (Å²) in [6.45, 7) is 4.25. The van der Waals surface area contributed by atoms with Crippen LogP contribution in [0.25, 0.3) is 0 Å². The molecule has 0 nitrogen and oxygen atoms in total. The first kappa shape index (κ1) is 47.3. The van der Waals surface area contributed by atoms with Gasteiger partial charge in [-0.15, -0.1) is 0 Å². The standard InChI is InChI=1S/6C5H10.C3H8.CH4.2CH3.Fe/c6*1-2-4-5-3-1;1-3-2;;;;/h6*1-5H2;3H2,1-2H3;1H4;2*1H3;/q;;;;;;;;2*-1;+2. The summed E-state index contributed by atoms with van der Waals surface area (Å²) in [5.74, 6) is 0. The van der Waals surface area contributed by atoms with Crippen molar-refractivity contribution in [3.8, 4) is 0 Å². The van der Waals surface area contributed by atoms with Gasteiger partial charge in [-0.2, -0.15) is 0 Å². The summed E-state index contributed by atoms with van der Waals surface area (Å²) in [4.78, 5) is 0. The van der Waals surface area contributed by atoms with Gasteiger partial charge in [0.1, 0.15) is 0 Å². The summed E-state index contributed by atoms with van der Waals surface area (Å²) in [5, 5.41) is 0. The van der Waals surface area contributed by atoms with E-state index in [1.807, 2.05) is 0 Å². The maximum Gasteiger partial charge on any atom is 2.00 e. The molecule has 0 bridgehead atoms. The van der Waals surface area contributed by atoms with Crippen molar-refractivity contribution >= 4 is 0 Å². The SMILES string of the molecule is C.C1CCCC1.C1CCCC1.C1CCCC1.C1CCCC1.C1CCCC1.C1CCCC1.CCC.[CH3-].[CH3-].[Fe+2]. The maximum atomic E-state index is 2.12. The molecule has 6 aliphatic carbocycles. The topological polar surface area (TPSA) is 0 Å². The van der Waals surface area contributed by atoms with E-state index >= 15 is 0 Å². The van der Waals surface area contributed by atoms with Crippen LogP contribution in [0.1, 0.15) is 220 Å². The van der Waals surface area contributed by atoms with Gasteiger partial charge in [0, 0.05) is 0 Å². The number of hydrogen-bond acceptors (Lipinski definition) is 0. The minimum atomic E-state index is 0. The smallest absolute Gasteiger partial charge is 0.358 e. The predicted molar refractivity (Wildman–Crippen MR) is 174 cm³/mol. The fraction of sp³-hybridized carbons (Fsp3) is 0.944. The molecule has 0 saturated heterocycles. The molecule has 6 aliphatic rings. The fourth-order valence-electron chi connectivity index (χ4n) is 5.30. The average molecular weight is 567 g/mol. The van der Waals surface area contributed by atoms with Crippen LogP contribution >= 0.6 is 0 Å². The van der Waals surface area contributed by atoms with Crippen LogP contribution in [0.4, 0.5) is 0 Å². The van der Waals surface area contributed by atoms with E-state index < -0.39 is 0 Å². The van der Waals surface area contributed by atoms with E-state index in [0.717, 1.165) is 0 Å². The second-order valence-electron chi connectivity index (χ2n) is 11.3. The molecule has 0 aliphatic heterocycles. The van der Waals surface area contributed by atoms with E-state index in [4.69, 9.17) is 0 Å². The van der Waals surface area contributed by atoms with Gasteiger partial charge >= 0.3 is 17.1 Å². The molecule has 37 heavy (non-hydrogen) atoms. The minimum Gasteiger partial charge on any atom is -0.358 e. The molecule has 0 aromatic rings. The molecule has 0 spiro atoms. The molecular formula is C36H78Fe. The van der Waals surface area contributed by atoms with Gasteiger partial charge in [0.25, 0.3) is 0 Å². The van der Waals surface area contributed by atoms with Gasteiger partial charge < -0.3 is 14.9 Å². The predicted octanol–water partition coefficient (Wildman–Crippen LogP) is 14.7. The molecule has 0 radical (unpaired) electrons. The molecular weight excluding hydrogens is 488 g/mol. The second-order valence-corrected chi connectivity index (χ2v) is 11.3. The number of hydrogen-bond donors (Lipinski definition) is 0. The van der Waals surface area contributed by atoms with Crippen LogP contribution in [0.15, 0.2) is 0 Å². The summed E-state index contributed by atoms with van der Waals surface area (Å²) in [6, 6.07) is 0. The van der Waals surface area contributed by atoms with Crippen molar-refractivity contribution in [1.82, 2.24) is 0 Å². The summed E-state index contributed by atoms with van der Waals surface area (Å²) >= 11 is 0. The zero-order valence-electron chi connectivity index (χ0n) is 26.3. The number of rotatable bonds is 0. The third-order valence-corrected chi connectivity index (χ3v) is 7.50. The molecule has 6 fully saturated rings. The quantitative estimate of drug-likeness (QED) is 0.202. The van der Waals surface area contributed by atoms with Crippen molar-refractivity contribution in [3.05, 3.63) is 14.9 Å². The third-order valence-electron chi connectivity index (χ3n) is 7.50. The van der Waals surface area contributed by atoms with Gasteiger partial charge in [-0.25, -0.2) is 0 Å². The van der Waals surface area contributed by atoms with Crippen LogP contribution in [-0.2, 0) is 17.1 Å². The fourth-order valence-corrected chi connectivity index (χ4v) is 5.30. The van der Waals surface area contributed by atoms with Gasteiger partial charge in [0.05, 0.1) is 0 Å². The third kappa shape index (κ3) is 46.7. The average Bonchev–Trinajstić information content (AvgIpc) is 3.78. The van der Waals surface area contributed by atoms with Crippen LogP contribution in [0.2, 0.25) is 0 Å². The van der Waals surface area contributed by atoms with E-state index in [0.29, 0.717) is 0 Å². The van der Waals surface area contributed by atoms with E-state index in [-0.39, 0.29) is 39.3 Å². The van der Waals surface area contributed by atoms with Crippen molar-refractivity contribution in [2.45, 2.75) is 220 Å². The summed E-state index contributed by atoms with van der Waals surface area (Å²) in [5.41, 5.74) is 0. The summed E-state index contributed by atoms with van der Waals surface area (Å²) < 4.78 is 0. The van der Waals surface area contributed by atoms with Crippen LogP contribution in [0.5, 0.6) is 0 Å². The Kier molecular flexibility index (Phi) is 59.3. The first-order valence-electron chi connectivity index (χ1n) is 16.4. The molecule has 0 amide bonds. The molecule has 1 heteroatoms. The second kappa shape index (κ2) is 46.4. The van der Waals surface area contributed by atoms with E-state index in [1.165, 1.54) is 199 Å². The Hall–Kier alpha value is 0.519. The normalized spacial score (nSPS) is 19.9. The molecule has 0 atom stereocenters. The van der Waals surface area contributed by atoms with Crippen LogP contribution < -0.4 is 0 Å². The van der Waals surface area contributed by atoms with Crippen molar-refractivity contribution in [1.29, 1.82) is 0 Å². The van der Waals surface area contributed by atoms with Crippen LogP contribution in [0, 0.1) is 14.9 Å². The Labute approximate surface area is 251 Å². The van der Waals surface area contributed by atoms with E-state index in [9.17, 15) is 0 Å². The molecule has 230 valence electrons. The first-order chi connectivity index (χ1) is 16.4. The van der Waals surface area contributed by atoms with E-state index in [1.54, 1.807) is 0 Å². The first-order valence-corrected chi connectivity index (χ1v) is 16.4. The van der Waals surface area contributed by atoms with Gasteiger partial charge in [-0.1, -0.05) is 220 Å². The maximum absolute atomic E-state index is 2.12. The van der Waals surface area contributed by atoms with Crippen molar-refractivity contribution in [3.63, 3.8) is 0 Å². The van der Waals surface area contributed by atoms with Crippen molar-refractivity contribution in [2.24, 2.45) is 0 Å². The monoisotopic (exact) mass is 567 g/mol. The van der Waals surface area contributed by atoms with Gasteiger partial charge in [0.15, 0.2) is 0 Å². The van der Waals surface area contributed by atoms with Crippen LogP contribution in [0.3, 0.4) is 0 Å². The Morgan fingerprint density at radius 1 is 0.243 bits per heavy atom. The van der Waals surface area contributed by atoms with Gasteiger partial charge in [-0.05, 0) is 0 Å². The molecule has 0 aromatic carbocycles. The molecule has 6 rings (SSSR count). The molecule has 0 aromatic heterocycles. The Morgan fingerprint density at radius 3 is 0.297 bits per heavy atom. The largest absolute Gasteiger partial charge is 2.00 e. The molecule has 0 heterocycles. The Morgan fingerprint density at radius 2 is 0.270 bits per heavy atom. The van der Waals surface area contributed by atoms with Gasteiger partial charge in [-0.3, -0.25) is 0 Å². The van der Waals surface area contributed by atoms with Crippen LogP contribution in [-0.4, -0.2) is 0 Å². The van der Waals surface area contributed by atoms with Crippen molar-refractivity contribution < 1.29 is 17.1 Å². The Bertz CT molecular complexity index is 167. The molecule has 0 N–H and O–H groups in total. The summed E-state index contributed by atoms with van der Waals surface area (Å²) in [7, 11) is 0. The summed E-state index contributed by atoms with van der Waals surface area (Å²) in [6.07, 6.45) is 46.2.